The van der Waals surface area contributed by atoms with Crippen LogP contribution in [0.4, 0.5) is 0 Å². The summed E-state index contributed by atoms with van der Waals surface area (Å²) in [4.78, 5) is 14.7. The van der Waals surface area contributed by atoms with E-state index in [4.69, 9.17) is 5.10 Å². The molecule has 4 nitrogen and oxygen atoms in total. The standard InChI is InChI=1S/C24H23N3O/c1-2-17-27-23(20-15-9-10-16-21(20)24(27)28)26-25-22(18-11-5-3-6-12-18)19-13-7-4-8-14-19/h3-16,23,26H,2,17H2,1H3/t23-/m1/s1. The first-order valence-electron chi connectivity index (χ1n) is 9.63. The highest BCUT2D eigenvalue weighted by molar-refractivity contribution is 6.12. The molecular formula is C24H23N3O. The van der Waals surface area contributed by atoms with Gasteiger partial charge in [-0.25, -0.2) is 0 Å². The number of benzene rings is 3. The molecular weight excluding hydrogens is 346 g/mol. The predicted octanol–water partition coefficient (Wildman–Crippen LogP) is 4.59. The summed E-state index contributed by atoms with van der Waals surface area (Å²) in [6.45, 7) is 2.77. The van der Waals surface area contributed by atoms with Crippen molar-refractivity contribution < 1.29 is 4.79 Å². The zero-order chi connectivity index (χ0) is 19.3. The van der Waals surface area contributed by atoms with Gasteiger partial charge < -0.3 is 4.90 Å². The minimum Gasteiger partial charge on any atom is -0.313 e. The van der Waals surface area contributed by atoms with Gasteiger partial charge in [-0.3, -0.25) is 10.2 Å². The number of rotatable bonds is 6. The number of hydrazone groups is 1. The average Bonchev–Trinajstić information content (AvgIpc) is 3.02. The molecule has 1 amide bonds. The van der Waals surface area contributed by atoms with E-state index < -0.39 is 0 Å². The van der Waals surface area contributed by atoms with Crippen LogP contribution >= 0.6 is 0 Å². The molecule has 1 aliphatic rings. The molecule has 0 aliphatic carbocycles. The largest absolute Gasteiger partial charge is 0.313 e. The highest BCUT2D eigenvalue weighted by atomic mass is 16.2. The maximum atomic E-state index is 12.8. The molecule has 0 saturated carbocycles. The Morgan fingerprint density at radius 2 is 1.46 bits per heavy atom. The van der Waals surface area contributed by atoms with Crippen LogP contribution < -0.4 is 5.43 Å². The second-order valence-electron chi connectivity index (χ2n) is 6.81. The van der Waals surface area contributed by atoms with Crippen molar-refractivity contribution in [1.29, 1.82) is 0 Å². The maximum Gasteiger partial charge on any atom is 0.256 e. The minimum absolute atomic E-state index is 0.0612. The molecule has 4 rings (SSSR count). The van der Waals surface area contributed by atoms with E-state index in [1.807, 2.05) is 89.8 Å². The van der Waals surface area contributed by atoms with Gasteiger partial charge in [0.25, 0.3) is 5.91 Å². The van der Waals surface area contributed by atoms with E-state index in [2.05, 4.69) is 12.3 Å². The van der Waals surface area contributed by atoms with Crippen molar-refractivity contribution in [3.05, 3.63) is 107 Å². The monoisotopic (exact) mass is 369 g/mol. The van der Waals surface area contributed by atoms with E-state index in [1.165, 1.54) is 0 Å². The molecule has 0 spiro atoms. The van der Waals surface area contributed by atoms with Gasteiger partial charge in [0.05, 0.1) is 5.71 Å². The van der Waals surface area contributed by atoms with Crippen molar-refractivity contribution in [3.8, 4) is 0 Å². The molecule has 140 valence electrons. The Kier molecular flexibility index (Phi) is 5.20. The zero-order valence-corrected chi connectivity index (χ0v) is 15.9. The van der Waals surface area contributed by atoms with E-state index in [0.29, 0.717) is 6.54 Å². The van der Waals surface area contributed by atoms with E-state index in [9.17, 15) is 4.79 Å². The molecule has 28 heavy (non-hydrogen) atoms. The number of carbonyl (C=O) groups excluding carboxylic acids is 1. The van der Waals surface area contributed by atoms with Gasteiger partial charge in [0, 0.05) is 28.8 Å². The summed E-state index contributed by atoms with van der Waals surface area (Å²) in [7, 11) is 0. The van der Waals surface area contributed by atoms with Crippen molar-refractivity contribution in [3.63, 3.8) is 0 Å². The van der Waals surface area contributed by atoms with Crippen LogP contribution in [0.15, 0.2) is 90.0 Å². The Balaban J connectivity index is 1.72. The van der Waals surface area contributed by atoms with Gasteiger partial charge in [-0.2, -0.15) is 5.10 Å². The molecule has 1 heterocycles. The van der Waals surface area contributed by atoms with Crippen LogP contribution in [0.25, 0.3) is 0 Å². The number of nitrogens with one attached hydrogen (secondary N) is 1. The topological polar surface area (TPSA) is 44.7 Å². The molecule has 0 unspecified atom stereocenters. The smallest absolute Gasteiger partial charge is 0.256 e. The summed E-state index contributed by atoms with van der Waals surface area (Å²) < 4.78 is 0. The molecule has 3 aromatic carbocycles. The average molecular weight is 369 g/mol. The lowest BCUT2D eigenvalue weighted by molar-refractivity contribution is 0.0696. The van der Waals surface area contributed by atoms with Gasteiger partial charge in [-0.15, -0.1) is 0 Å². The Labute approximate surface area is 165 Å². The Bertz CT molecular complexity index is 942. The summed E-state index contributed by atoms with van der Waals surface area (Å²) in [5, 5.41) is 4.78. The summed E-state index contributed by atoms with van der Waals surface area (Å²) in [6.07, 6.45) is 0.636. The summed E-state index contributed by atoms with van der Waals surface area (Å²) in [5.74, 6) is 0.0612. The lowest BCUT2D eigenvalue weighted by Gasteiger charge is -2.25. The molecule has 0 aromatic heterocycles. The van der Waals surface area contributed by atoms with Crippen LogP contribution in [0.1, 0.15) is 46.6 Å². The fourth-order valence-corrected chi connectivity index (χ4v) is 3.59. The molecule has 0 radical (unpaired) electrons. The van der Waals surface area contributed by atoms with Crippen LogP contribution in [-0.4, -0.2) is 23.1 Å². The molecule has 0 bridgehead atoms. The van der Waals surface area contributed by atoms with Crippen molar-refractivity contribution in [2.75, 3.05) is 6.54 Å². The third-order valence-corrected chi connectivity index (χ3v) is 4.92. The molecule has 4 heteroatoms. The van der Waals surface area contributed by atoms with Crippen LogP contribution in [0.2, 0.25) is 0 Å². The number of carbonyl (C=O) groups is 1. The second-order valence-corrected chi connectivity index (χ2v) is 6.81. The first kappa shape index (κ1) is 18.0. The Morgan fingerprint density at radius 3 is 2.07 bits per heavy atom. The number of hydrogen-bond acceptors (Lipinski definition) is 3. The van der Waals surface area contributed by atoms with Crippen LogP contribution in [0.5, 0.6) is 0 Å². The molecule has 1 N–H and O–H groups in total. The van der Waals surface area contributed by atoms with Crippen LogP contribution in [-0.2, 0) is 0 Å². The number of amides is 1. The van der Waals surface area contributed by atoms with Crippen molar-refractivity contribution >= 4 is 11.6 Å². The highest BCUT2D eigenvalue weighted by Crippen LogP contribution is 2.31. The predicted molar refractivity (Wildman–Crippen MR) is 112 cm³/mol. The molecule has 0 fully saturated rings. The van der Waals surface area contributed by atoms with Gasteiger partial charge in [0.1, 0.15) is 6.17 Å². The van der Waals surface area contributed by atoms with Gasteiger partial charge in [0.15, 0.2) is 0 Å². The second kappa shape index (κ2) is 8.09. The lowest BCUT2D eigenvalue weighted by Crippen LogP contribution is -2.35. The van der Waals surface area contributed by atoms with Gasteiger partial charge in [0.2, 0.25) is 0 Å². The van der Waals surface area contributed by atoms with E-state index >= 15 is 0 Å². The molecule has 1 atom stereocenters. The van der Waals surface area contributed by atoms with Crippen molar-refractivity contribution in [1.82, 2.24) is 10.3 Å². The molecule has 1 aliphatic heterocycles. The van der Waals surface area contributed by atoms with Crippen molar-refractivity contribution in [2.24, 2.45) is 5.10 Å². The normalized spacial score (nSPS) is 15.2. The Morgan fingerprint density at radius 1 is 0.893 bits per heavy atom. The lowest BCUT2D eigenvalue weighted by atomic mass is 10.0. The van der Waals surface area contributed by atoms with Gasteiger partial charge in [-0.05, 0) is 12.5 Å². The number of nitrogens with zero attached hydrogens (tertiary/aromatic N) is 2. The number of hydrogen-bond donors (Lipinski definition) is 1. The van der Waals surface area contributed by atoms with Crippen LogP contribution in [0.3, 0.4) is 0 Å². The molecule has 0 saturated heterocycles. The fourth-order valence-electron chi connectivity index (χ4n) is 3.59. The quantitative estimate of drug-likeness (QED) is 0.510. The van der Waals surface area contributed by atoms with Gasteiger partial charge in [-0.1, -0.05) is 85.8 Å². The minimum atomic E-state index is -0.258. The zero-order valence-electron chi connectivity index (χ0n) is 15.9. The Hall–Kier alpha value is -3.40. The first-order valence-corrected chi connectivity index (χ1v) is 9.63. The third kappa shape index (κ3) is 3.41. The van der Waals surface area contributed by atoms with E-state index in [1.54, 1.807) is 0 Å². The first-order chi connectivity index (χ1) is 13.8. The third-order valence-electron chi connectivity index (χ3n) is 4.92. The van der Waals surface area contributed by atoms with Crippen LogP contribution in [0, 0.1) is 0 Å². The SMILES string of the molecule is CCCN1C(=O)c2ccccc2[C@@H]1NN=C(c1ccccc1)c1ccccc1. The summed E-state index contributed by atoms with van der Waals surface area (Å²) in [6, 6.07) is 28.0. The fraction of sp³-hybridized carbons (Fsp3) is 0.167. The van der Waals surface area contributed by atoms with E-state index in [0.717, 1.165) is 34.4 Å². The molecule has 3 aromatic rings. The maximum absolute atomic E-state index is 12.8. The van der Waals surface area contributed by atoms with Crippen molar-refractivity contribution in [2.45, 2.75) is 19.5 Å². The summed E-state index contributed by atoms with van der Waals surface area (Å²) in [5.41, 5.74) is 7.94. The number of fused-ring (bicyclic) bond motifs is 1. The van der Waals surface area contributed by atoms with E-state index in [-0.39, 0.29) is 12.1 Å². The van der Waals surface area contributed by atoms with Gasteiger partial charge >= 0.3 is 0 Å². The summed E-state index contributed by atoms with van der Waals surface area (Å²) >= 11 is 0. The highest BCUT2D eigenvalue weighted by Gasteiger charge is 2.35.